The second-order valence-corrected chi connectivity index (χ2v) is 12.2. The van der Waals surface area contributed by atoms with E-state index in [1.165, 1.54) is 4.90 Å². The second-order valence-electron chi connectivity index (χ2n) is 12.2. The number of nitrogens with zero attached hydrogens (tertiary/aromatic N) is 2. The maximum atomic E-state index is 14.4. The summed E-state index contributed by atoms with van der Waals surface area (Å²) in [6, 6.07) is 26.2. The summed E-state index contributed by atoms with van der Waals surface area (Å²) in [5, 5.41) is 22.8. The number of aliphatic hydroxyl groups excluding tert-OH is 1. The number of esters is 1. The number of carboxylic acid groups (broad SMARTS) is 1. The molecule has 0 unspecified atom stereocenters. The summed E-state index contributed by atoms with van der Waals surface area (Å²) in [4.78, 5) is 44.9. The molecule has 0 bridgehead atoms. The SMILES string of the molecule is CCOC(=O)C(CCC(=O)O)=C(O)C(=O)N(Cc1ccc2ccccc2c1)[C@H](C)[C@H](CC=Cc1nc2ccccc2o1)c1ccc2c(c1)OCO2. The van der Waals surface area contributed by atoms with E-state index in [4.69, 9.17) is 18.6 Å². The number of aromatic nitrogens is 1. The molecule has 1 aliphatic heterocycles. The molecule has 2 heterocycles. The first-order valence-corrected chi connectivity index (χ1v) is 16.7. The number of rotatable bonds is 14. The topological polar surface area (TPSA) is 149 Å². The molecule has 0 spiro atoms. The van der Waals surface area contributed by atoms with Crippen molar-refractivity contribution in [1.82, 2.24) is 9.88 Å². The highest BCUT2D eigenvalue weighted by molar-refractivity contribution is 6.01. The van der Waals surface area contributed by atoms with E-state index in [0.29, 0.717) is 29.4 Å². The number of ether oxygens (including phenoxy) is 3. The number of allylic oxidation sites excluding steroid dienone is 1. The Kier molecular flexibility index (Phi) is 10.6. The zero-order valence-corrected chi connectivity index (χ0v) is 28.3. The van der Waals surface area contributed by atoms with Crippen LogP contribution in [0.5, 0.6) is 11.5 Å². The zero-order valence-electron chi connectivity index (χ0n) is 28.3. The van der Waals surface area contributed by atoms with Crippen LogP contribution >= 0.6 is 0 Å². The Balaban J connectivity index is 1.41. The molecule has 0 aliphatic carbocycles. The Morgan fingerprint density at radius 2 is 1.69 bits per heavy atom. The number of carboxylic acids is 1. The third kappa shape index (κ3) is 8.04. The van der Waals surface area contributed by atoms with Crippen molar-refractivity contribution < 1.29 is 43.2 Å². The summed E-state index contributed by atoms with van der Waals surface area (Å²) in [6.45, 7) is 3.60. The number of fused-ring (bicyclic) bond motifs is 3. The fourth-order valence-corrected chi connectivity index (χ4v) is 6.22. The summed E-state index contributed by atoms with van der Waals surface area (Å²) in [5.74, 6) is -2.59. The van der Waals surface area contributed by atoms with Crippen molar-refractivity contribution in [3.05, 3.63) is 119 Å². The lowest BCUT2D eigenvalue weighted by molar-refractivity contribution is -0.141. The van der Waals surface area contributed by atoms with Gasteiger partial charge in [0, 0.05) is 24.9 Å². The zero-order chi connectivity index (χ0) is 35.9. The second kappa shape index (κ2) is 15.6. The van der Waals surface area contributed by atoms with Gasteiger partial charge in [-0.1, -0.05) is 60.7 Å². The molecular weight excluding hydrogens is 652 g/mol. The number of carbonyl (C=O) groups excluding carboxylic acids is 2. The molecule has 262 valence electrons. The number of aliphatic hydroxyl groups is 1. The number of hydrogen-bond donors (Lipinski definition) is 2. The Bertz CT molecular complexity index is 2100. The monoisotopic (exact) mass is 690 g/mol. The lowest BCUT2D eigenvalue weighted by Gasteiger charge is -2.35. The first kappa shape index (κ1) is 34.8. The van der Waals surface area contributed by atoms with Gasteiger partial charge in [-0.2, -0.15) is 0 Å². The predicted molar refractivity (Wildman–Crippen MR) is 190 cm³/mol. The van der Waals surface area contributed by atoms with Crippen molar-refractivity contribution in [2.75, 3.05) is 13.4 Å². The van der Waals surface area contributed by atoms with Crippen molar-refractivity contribution >= 4 is 45.8 Å². The van der Waals surface area contributed by atoms with Gasteiger partial charge in [0.25, 0.3) is 5.91 Å². The van der Waals surface area contributed by atoms with E-state index in [-0.39, 0.29) is 32.3 Å². The van der Waals surface area contributed by atoms with Crippen LogP contribution in [0.2, 0.25) is 0 Å². The number of hydrogen-bond acceptors (Lipinski definition) is 9. The van der Waals surface area contributed by atoms with E-state index in [2.05, 4.69) is 4.98 Å². The van der Waals surface area contributed by atoms with E-state index in [9.17, 15) is 24.6 Å². The Morgan fingerprint density at radius 3 is 2.47 bits per heavy atom. The quantitative estimate of drug-likeness (QED) is 0.0679. The normalized spacial score (nSPS) is 14.0. The lowest BCUT2D eigenvalue weighted by atomic mass is 9.87. The van der Waals surface area contributed by atoms with E-state index in [1.54, 1.807) is 13.0 Å². The number of carbonyl (C=O) groups is 3. The third-order valence-electron chi connectivity index (χ3n) is 8.89. The van der Waals surface area contributed by atoms with Gasteiger partial charge in [-0.15, -0.1) is 0 Å². The lowest BCUT2D eigenvalue weighted by Crippen LogP contribution is -2.43. The highest BCUT2D eigenvalue weighted by Gasteiger charge is 2.33. The Morgan fingerprint density at radius 1 is 0.922 bits per heavy atom. The molecule has 4 aromatic carbocycles. The fraction of sp³-hybridized carbons (Fsp3) is 0.250. The minimum atomic E-state index is -1.19. The van der Waals surface area contributed by atoms with E-state index < -0.39 is 41.6 Å². The van der Waals surface area contributed by atoms with Gasteiger partial charge in [0.1, 0.15) is 5.52 Å². The van der Waals surface area contributed by atoms with E-state index in [0.717, 1.165) is 27.4 Å². The van der Waals surface area contributed by atoms with Crippen LogP contribution < -0.4 is 9.47 Å². The predicted octanol–water partition coefficient (Wildman–Crippen LogP) is 7.55. The van der Waals surface area contributed by atoms with Crippen molar-refractivity contribution in [2.45, 2.75) is 51.6 Å². The fourth-order valence-electron chi connectivity index (χ4n) is 6.22. The number of para-hydroxylation sites is 2. The van der Waals surface area contributed by atoms with Crippen LogP contribution in [0.15, 0.2) is 107 Å². The van der Waals surface area contributed by atoms with Crippen LogP contribution in [-0.2, 0) is 25.7 Å². The summed E-state index contributed by atoms with van der Waals surface area (Å²) in [5.41, 5.74) is 2.62. The van der Waals surface area contributed by atoms with Crippen molar-refractivity contribution in [3.8, 4) is 11.5 Å². The van der Waals surface area contributed by atoms with Crippen LogP contribution in [0, 0.1) is 0 Å². The molecule has 51 heavy (non-hydrogen) atoms. The minimum Gasteiger partial charge on any atom is -0.503 e. The highest BCUT2D eigenvalue weighted by Crippen LogP contribution is 2.38. The highest BCUT2D eigenvalue weighted by atomic mass is 16.7. The number of aliphatic carboxylic acids is 1. The first-order chi connectivity index (χ1) is 24.7. The molecule has 11 heteroatoms. The third-order valence-corrected chi connectivity index (χ3v) is 8.89. The molecule has 2 N–H and O–H groups in total. The van der Waals surface area contributed by atoms with Crippen LogP contribution in [0.25, 0.3) is 27.9 Å². The number of benzene rings is 4. The van der Waals surface area contributed by atoms with Crippen molar-refractivity contribution in [1.29, 1.82) is 0 Å². The van der Waals surface area contributed by atoms with Crippen LogP contribution in [-0.4, -0.2) is 57.4 Å². The molecule has 2 atom stereocenters. The Labute approximate surface area is 294 Å². The summed E-state index contributed by atoms with van der Waals surface area (Å²) < 4.78 is 22.3. The molecule has 0 saturated carbocycles. The van der Waals surface area contributed by atoms with Gasteiger partial charge in [0.15, 0.2) is 22.8 Å². The molecule has 0 fully saturated rings. The van der Waals surface area contributed by atoms with Crippen LogP contribution in [0.4, 0.5) is 0 Å². The standard InChI is InChI=1S/C40H38N2O9/c1-3-48-40(47)31(18-20-37(43)44)38(45)39(46)42(23-26-15-16-27-9-4-5-10-28(27)21-26)25(2)30(29-17-19-34-35(22-29)50-24-49-34)11-8-14-36-41-32-12-6-7-13-33(32)51-36/h4-10,12-17,19,21-22,25,30,45H,3,11,18,20,23-24H2,1-2H3,(H,43,44)/t25-,30+/m1/s1. The maximum absolute atomic E-state index is 14.4. The molecule has 1 amide bonds. The van der Waals surface area contributed by atoms with Crippen LogP contribution in [0.1, 0.15) is 56.0 Å². The van der Waals surface area contributed by atoms with Crippen molar-refractivity contribution in [3.63, 3.8) is 0 Å². The van der Waals surface area contributed by atoms with Gasteiger partial charge in [0.2, 0.25) is 12.7 Å². The largest absolute Gasteiger partial charge is 0.503 e. The summed E-state index contributed by atoms with van der Waals surface area (Å²) in [7, 11) is 0. The molecule has 6 rings (SSSR count). The van der Waals surface area contributed by atoms with Gasteiger partial charge in [-0.05, 0) is 85.0 Å². The van der Waals surface area contributed by atoms with Gasteiger partial charge in [-0.3, -0.25) is 9.59 Å². The molecule has 0 saturated heterocycles. The molecular formula is C40H38N2O9. The van der Waals surface area contributed by atoms with Crippen molar-refractivity contribution in [2.24, 2.45) is 0 Å². The summed E-state index contributed by atoms with van der Waals surface area (Å²) in [6.07, 6.45) is 3.25. The smallest absolute Gasteiger partial charge is 0.337 e. The number of oxazole rings is 1. The van der Waals surface area contributed by atoms with Gasteiger partial charge >= 0.3 is 11.9 Å². The van der Waals surface area contributed by atoms with Gasteiger partial charge < -0.3 is 33.7 Å². The Hall–Kier alpha value is -6.10. The van der Waals surface area contributed by atoms with Gasteiger partial charge in [0.05, 0.1) is 12.2 Å². The van der Waals surface area contributed by atoms with Gasteiger partial charge in [-0.25, -0.2) is 9.78 Å². The molecule has 0 radical (unpaired) electrons. The average molecular weight is 691 g/mol. The average Bonchev–Trinajstić information content (AvgIpc) is 3.78. The summed E-state index contributed by atoms with van der Waals surface area (Å²) >= 11 is 0. The maximum Gasteiger partial charge on any atom is 0.337 e. The minimum absolute atomic E-state index is 0.0211. The van der Waals surface area contributed by atoms with Crippen LogP contribution in [0.3, 0.4) is 0 Å². The number of amides is 1. The van der Waals surface area contributed by atoms with E-state index in [1.807, 2.05) is 97.9 Å². The first-order valence-electron chi connectivity index (χ1n) is 16.7. The molecule has 11 nitrogen and oxygen atoms in total. The molecule has 1 aromatic heterocycles. The van der Waals surface area contributed by atoms with E-state index >= 15 is 0 Å². The molecule has 1 aliphatic rings. The molecule has 5 aromatic rings.